The molecule has 3 N–H and O–H groups in total. The second-order valence-corrected chi connectivity index (χ2v) is 8.05. The fraction of sp³-hybridized carbons (Fsp3) is 0.550. The molecular weight excluding hydrogens is 344 g/mol. The number of benzene rings is 1. The molecule has 2 fully saturated rings. The molecule has 7 nitrogen and oxygen atoms in total. The minimum atomic E-state index is -0.565. The third kappa shape index (κ3) is 3.49. The highest BCUT2D eigenvalue weighted by molar-refractivity contribution is 6.05. The molecule has 3 heterocycles. The molecule has 0 radical (unpaired) electrons. The van der Waals surface area contributed by atoms with E-state index in [2.05, 4.69) is 22.9 Å². The summed E-state index contributed by atoms with van der Waals surface area (Å²) < 4.78 is 0. The van der Waals surface area contributed by atoms with Crippen LogP contribution in [0.5, 0.6) is 0 Å². The van der Waals surface area contributed by atoms with Crippen molar-refractivity contribution in [1.29, 1.82) is 0 Å². The van der Waals surface area contributed by atoms with Gasteiger partial charge in [-0.2, -0.15) is 0 Å². The molecule has 0 aliphatic carbocycles. The van der Waals surface area contributed by atoms with E-state index >= 15 is 0 Å². The van der Waals surface area contributed by atoms with Crippen molar-refractivity contribution in [3.63, 3.8) is 0 Å². The molecule has 0 spiro atoms. The second kappa shape index (κ2) is 7.05. The molecule has 3 aliphatic rings. The maximum Gasteiger partial charge on any atom is 0.255 e. The summed E-state index contributed by atoms with van der Waals surface area (Å²) in [5.74, 6) is -0.742. The van der Waals surface area contributed by atoms with Crippen LogP contribution < -0.4 is 16.0 Å². The lowest BCUT2D eigenvalue weighted by Gasteiger charge is -2.29. The van der Waals surface area contributed by atoms with Gasteiger partial charge in [-0.05, 0) is 43.9 Å². The predicted molar refractivity (Wildman–Crippen MR) is 99.8 cm³/mol. The van der Waals surface area contributed by atoms with Crippen LogP contribution in [-0.2, 0) is 22.7 Å². The van der Waals surface area contributed by atoms with Crippen LogP contribution in [-0.4, -0.2) is 47.3 Å². The summed E-state index contributed by atoms with van der Waals surface area (Å²) in [5.41, 5.74) is 2.74. The van der Waals surface area contributed by atoms with Crippen LogP contribution in [0.4, 0.5) is 0 Å². The maximum absolute atomic E-state index is 13.0. The molecule has 3 amide bonds. The molecule has 2 atom stereocenters. The fourth-order valence-electron chi connectivity index (χ4n) is 4.42. The van der Waals surface area contributed by atoms with Gasteiger partial charge in [0.25, 0.3) is 5.91 Å². The Bertz CT molecular complexity index is 785. The van der Waals surface area contributed by atoms with E-state index < -0.39 is 6.04 Å². The number of nitrogens with one attached hydrogen (secondary N) is 3. The van der Waals surface area contributed by atoms with E-state index in [1.54, 1.807) is 4.90 Å². The van der Waals surface area contributed by atoms with Crippen molar-refractivity contribution in [1.82, 2.24) is 20.9 Å². The van der Waals surface area contributed by atoms with Crippen molar-refractivity contribution >= 4 is 17.7 Å². The first-order chi connectivity index (χ1) is 13.0. The quantitative estimate of drug-likeness (QED) is 0.663. The fourth-order valence-corrected chi connectivity index (χ4v) is 4.42. The second-order valence-electron chi connectivity index (χ2n) is 8.05. The van der Waals surface area contributed by atoms with Gasteiger partial charge >= 0.3 is 0 Å². The Hall–Kier alpha value is -2.25. The molecule has 1 aromatic carbocycles. The Kier molecular flexibility index (Phi) is 4.74. The highest BCUT2D eigenvalue weighted by Crippen LogP contribution is 2.30. The van der Waals surface area contributed by atoms with Gasteiger partial charge in [0.2, 0.25) is 11.8 Å². The highest BCUT2D eigenvalue weighted by Gasteiger charge is 2.40. The molecule has 0 saturated carbocycles. The van der Waals surface area contributed by atoms with E-state index in [-0.39, 0.29) is 29.7 Å². The average Bonchev–Trinajstić information content (AvgIpc) is 3.20. The SMILES string of the molecule is CC1(CNCc2cccc3c2C(=O)N(C2CCC(=O)NC2=O)C3)CCCN1. The number of rotatable bonds is 5. The first kappa shape index (κ1) is 18.1. The van der Waals surface area contributed by atoms with Crippen molar-refractivity contribution in [2.24, 2.45) is 0 Å². The van der Waals surface area contributed by atoms with Crippen molar-refractivity contribution in [3.05, 3.63) is 34.9 Å². The van der Waals surface area contributed by atoms with Gasteiger partial charge in [0.15, 0.2) is 0 Å². The Morgan fingerprint density at radius 2 is 2.15 bits per heavy atom. The summed E-state index contributed by atoms with van der Waals surface area (Å²) >= 11 is 0. The van der Waals surface area contributed by atoms with E-state index in [0.717, 1.165) is 30.6 Å². The lowest BCUT2D eigenvalue weighted by molar-refractivity contribution is -0.136. The van der Waals surface area contributed by atoms with Gasteiger partial charge in [-0.15, -0.1) is 0 Å². The van der Waals surface area contributed by atoms with Gasteiger partial charge in [-0.25, -0.2) is 0 Å². The van der Waals surface area contributed by atoms with Crippen LogP contribution in [0, 0.1) is 0 Å². The molecule has 144 valence electrons. The lowest BCUT2D eigenvalue weighted by atomic mass is 9.99. The molecule has 0 bridgehead atoms. The van der Waals surface area contributed by atoms with Gasteiger partial charge in [0.05, 0.1) is 0 Å². The molecule has 4 rings (SSSR count). The normalized spacial score (nSPS) is 27.8. The molecule has 27 heavy (non-hydrogen) atoms. The summed E-state index contributed by atoms with van der Waals surface area (Å²) in [6.45, 7) is 5.17. The van der Waals surface area contributed by atoms with E-state index in [1.807, 2.05) is 18.2 Å². The Morgan fingerprint density at radius 3 is 2.89 bits per heavy atom. The van der Waals surface area contributed by atoms with Crippen LogP contribution in [0.25, 0.3) is 0 Å². The first-order valence-corrected chi connectivity index (χ1v) is 9.68. The van der Waals surface area contributed by atoms with E-state index in [1.165, 1.54) is 6.42 Å². The molecule has 2 saturated heterocycles. The molecule has 0 aromatic heterocycles. The number of piperidine rings is 1. The van der Waals surface area contributed by atoms with Crippen LogP contribution >= 0.6 is 0 Å². The summed E-state index contributed by atoms with van der Waals surface area (Å²) in [5, 5.41) is 9.36. The number of fused-ring (bicyclic) bond motifs is 1. The number of carbonyl (C=O) groups is 3. The number of carbonyl (C=O) groups excluding carboxylic acids is 3. The zero-order valence-electron chi connectivity index (χ0n) is 15.6. The Morgan fingerprint density at radius 1 is 1.30 bits per heavy atom. The van der Waals surface area contributed by atoms with E-state index in [4.69, 9.17) is 0 Å². The van der Waals surface area contributed by atoms with Crippen LogP contribution in [0.15, 0.2) is 18.2 Å². The van der Waals surface area contributed by atoms with Gasteiger partial charge in [-0.1, -0.05) is 18.2 Å². The Balaban J connectivity index is 1.46. The number of hydrogen-bond acceptors (Lipinski definition) is 5. The van der Waals surface area contributed by atoms with Crippen molar-refractivity contribution in [2.45, 2.75) is 57.3 Å². The average molecular weight is 370 g/mol. The summed E-state index contributed by atoms with van der Waals surface area (Å²) in [7, 11) is 0. The zero-order valence-corrected chi connectivity index (χ0v) is 15.6. The van der Waals surface area contributed by atoms with E-state index in [9.17, 15) is 14.4 Å². The predicted octanol–water partition coefficient (Wildman–Crippen LogP) is 0.679. The smallest absolute Gasteiger partial charge is 0.255 e. The van der Waals surface area contributed by atoms with Gasteiger partial charge in [0, 0.05) is 37.2 Å². The zero-order chi connectivity index (χ0) is 19.0. The first-order valence-electron chi connectivity index (χ1n) is 9.68. The lowest BCUT2D eigenvalue weighted by Crippen LogP contribution is -2.52. The third-order valence-corrected chi connectivity index (χ3v) is 5.93. The van der Waals surface area contributed by atoms with Gasteiger partial charge < -0.3 is 15.5 Å². The summed E-state index contributed by atoms with van der Waals surface area (Å²) in [6, 6.07) is 5.32. The van der Waals surface area contributed by atoms with Crippen molar-refractivity contribution in [3.8, 4) is 0 Å². The molecular formula is C20H26N4O3. The highest BCUT2D eigenvalue weighted by atomic mass is 16.2. The minimum Gasteiger partial charge on any atom is -0.322 e. The van der Waals surface area contributed by atoms with Gasteiger partial charge in [0.1, 0.15) is 6.04 Å². The number of nitrogens with zero attached hydrogens (tertiary/aromatic N) is 1. The molecule has 1 aromatic rings. The van der Waals surface area contributed by atoms with Gasteiger partial charge in [-0.3, -0.25) is 19.7 Å². The molecule has 7 heteroatoms. The van der Waals surface area contributed by atoms with Crippen LogP contribution in [0.3, 0.4) is 0 Å². The molecule has 2 unspecified atom stereocenters. The van der Waals surface area contributed by atoms with Crippen LogP contribution in [0.1, 0.15) is 54.1 Å². The van der Waals surface area contributed by atoms with E-state index in [0.29, 0.717) is 25.1 Å². The third-order valence-electron chi connectivity index (χ3n) is 5.93. The standard InChI is InChI=1S/C20H26N4O3/c1-20(8-3-9-22-20)12-21-10-13-4-2-5-14-11-24(19(27)17(13)14)15-6-7-16(25)23-18(15)26/h2,4-5,15,21-22H,3,6-12H2,1H3,(H,23,25,26). The van der Waals surface area contributed by atoms with Crippen LogP contribution in [0.2, 0.25) is 0 Å². The minimum absolute atomic E-state index is 0.109. The Labute approximate surface area is 158 Å². The van der Waals surface area contributed by atoms with Crippen molar-refractivity contribution in [2.75, 3.05) is 13.1 Å². The number of amides is 3. The maximum atomic E-state index is 13.0. The summed E-state index contributed by atoms with van der Waals surface area (Å²) in [6.07, 6.45) is 3.01. The largest absolute Gasteiger partial charge is 0.322 e. The topological polar surface area (TPSA) is 90.5 Å². The number of hydrogen-bond donors (Lipinski definition) is 3. The van der Waals surface area contributed by atoms with Crippen molar-refractivity contribution < 1.29 is 14.4 Å². The monoisotopic (exact) mass is 370 g/mol. The number of imide groups is 1. The molecule has 3 aliphatic heterocycles. The summed E-state index contributed by atoms with van der Waals surface area (Å²) in [4.78, 5) is 38.2.